The molecule has 6 nitrogen and oxygen atoms in total. The van der Waals surface area contributed by atoms with Gasteiger partial charge in [-0.25, -0.2) is 9.36 Å². The summed E-state index contributed by atoms with van der Waals surface area (Å²) in [5, 5.41) is 0.403. The van der Waals surface area contributed by atoms with Crippen molar-refractivity contribution in [1.29, 1.82) is 0 Å². The van der Waals surface area contributed by atoms with Crippen LogP contribution in [0, 0.1) is 6.92 Å². The van der Waals surface area contributed by atoms with Crippen LogP contribution in [0.15, 0.2) is 15.7 Å². The van der Waals surface area contributed by atoms with Gasteiger partial charge in [-0.05, 0) is 19.9 Å². The summed E-state index contributed by atoms with van der Waals surface area (Å²) in [6.07, 6.45) is 0. The van der Waals surface area contributed by atoms with Gasteiger partial charge >= 0.3 is 5.69 Å². The van der Waals surface area contributed by atoms with E-state index in [2.05, 4.69) is 4.98 Å². The Hall–Kier alpha value is -1.89. The van der Waals surface area contributed by atoms with E-state index in [4.69, 9.17) is 5.73 Å². The number of thiophene rings is 1. The Balaban J connectivity index is 2.85. The Morgan fingerprint density at radius 2 is 2.18 bits per heavy atom. The van der Waals surface area contributed by atoms with E-state index in [-0.39, 0.29) is 0 Å². The molecule has 1 unspecified atom stereocenters. The van der Waals surface area contributed by atoms with E-state index in [1.54, 1.807) is 6.07 Å². The minimum absolute atomic E-state index is 0.403. The van der Waals surface area contributed by atoms with Gasteiger partial charge in [-0.3, -0.25) is 14.6 Å². The fourth-order valence-corrected chi connectivity index (χ4v) is 2.52. The molecule has 0 saturated carbocycles. The third-order valence-electron chi connectivity index (χ3n) is 2.54. The average Bonchev–Trinajstić information content (AvgIpc) is 2.58. The van der Waals surface area contributed by atoms with Gasteiger partial charge in [-0.1, -0.05) is 0 Å². The number of H-pyrrole nitrogens is 1. The zero-order valence-corrected chi connectivity index (χ0v) is 10.1. The number of primary amides is 1. The summed E-state index contributed by atoms with van der Waals surface area (Å²) < 4.78 is 0.844. The van der Waals surface area contributed by atoms with E-state index in [9.17, 15) is 14.4 Å². The second-order valence-corrected chi connectivity index (χ2v) is 5.04. The predicted molar refractivity (Wildman–Crippen MR) is 65.3 cm³/mol. The summed E-state index contributed by atoms with van der Waals surface area (Å²) >= 11 is 1.32. The molecule has 0 radical (unpaired) electrons. The quantitative estimate of drug-likeness (QED) is 0.794. The van der Waals surface area contributed by atoms with Gasteiger partial charge in [-0.2, -0.15) is 0 Å². The number of aromatic amines is 1. The molecule has 1 amide bonds. The molecule has 17 heavy (non-hydrogen) atoms. The van der Waals surface area contributed by atoms with Gasteiger partial charge in [0.2, 0.25) is 5.91 Å². The first-order valence-electron chi connectivity index (χ1n) is 4.96. The number of carbonyl (C=O) groups is 1. The number of nitrogens with zero attached hydrogens (tertiary/aromatic N) is 1. The number of amides is 1. The average molecular weight is 253 g/mol. The number of nitrogens with one attached hydrogen (secondary N) is 1. The second kappa shape index (κ2) is 3.85. The van der Waals surface area contributed by atoms with Crippen LogP contribution in [0.3, 0.4) is 0 Å². The summed E-state index contributed by atoms with van der Waals surface area (Å²) in [4.78, 5) is 38.8. The third kappa shape index (κ3) is 1.78. The smallest absolute Gasteiger partial charge is 0.330 e. The molecule has 0 aliphatic carbocycles. The highest BCUT2D eigenvalue weighted by molar-refractivity contribution is 7.18. The molecule has 2 rings (SSSR count). The van der Waals surface area contributed by atoms with Gasteiger partial charge < -0.3 is 5.73 Å². The third-order valence-corrected chi connectivity index (χ3v) is 3.51. The zero-order valence-electron chi connectivity index (χ0n) is 9.31. The molecule has 0 spiro atoms. The van der Waals surface area contributed by atoms with Crippen LogP contribution in [0.25, 0.3) is 10.2 Å². The van der Waals surface area contributed by atoms with Gasteiger partial charge in [0.05, 0.1) is 5.39 Å². The fourth-order valence-electron chi connectivity index (χ4n) is 1.62. The molecule has 0 fully saturated rings. The van der Waals surface area contributed by atoms with E-state index in [1.165, 1.54) is 18.3 Å². The highest BCUT2D eigenvalue weighted by atomic mass is 32.1. The lowest BCUT2D eigenvalue weighted by Crippen LogP contribution is -2.41. The van der Waals surface area contributed by atoms with Gasteiger partial charge in [-0.15, -0.1) is 11.3 Å². The molecule has 0 aliphatic rings. The molecular formula is C10H11N3O3S. The lowest BCUT2D eigenvalue weighted by atomic mass is 10.3. The van der Waals surface area contributed by atoms with Crippen LogP contribution < -0.4 is 17.0 Å². The Morgan fingerprint density at radius 1 is 1.53 bits per heavy atom. The van der Waals surface area contributed by atoms with Gasteiger partial charge in [0.1, 0.15) is 10.9 Å². The van der Waals surface area contributed by atoms with Gasteiger partial charge in [0, 0.05) is 4.88 Å². The van der Waals surface area contributed by atoms with Crippen LogP contribution in [0.2, 0.25) is 0 Å². The number of rotatable bonds is 2. The van der Waals surface area contributed by atoms with E-state index in [1.807, 2.05) is 6.92 Å². The Labute approximate surface area is 99.7 Å². The Morgan fingerprint density at radius 3 is 2.76 bits per heavy atom. The van der Waals surface area contributed by atoms with Crippen molar-refractivity contribution in [3.8, 4) is 0 Å². The lowest BCUT2D eigenvalue weighted by molar-refractivity contribution is -0.120. The first-order valence-corrected chi connectivity index (χ1v) is 5.77. The maximum absolute atomic E-state index is 12.1. The Bertz CT molecular complexity index is 710. The van der Waals surface area contributed by atoms with Crippen LogP contribution >= 0.6 is 11.3 Å². The number of aryl methyl sites for hydroxylation is 1. The molecule has 0 aliphatic heterocycles. The maximum atomic E-state index is 12.1. The predicted octanol–water partition coefficient (Wildman–Crippen LogP) is 0.106. The monoisotopic (exact) mass is 253 g/mol. The van der Waals surface area contributed by atoms with Crippen molar-refractivity contribution in [3.63, 3.8) is 0 Å². The number of fused-ring (bicyclic) bond motifs is 1. The standard InChI is InChI=1S/C10H11N3O3S/c1-4-3-6-8(17-4)12-10(16)13(9(6)15)5(2)7(11)14/h3,5H,1-2H3,(H2,11,14)(H,12,16). The van der Waals surface area contributed by atoms with Crippen LogP contribution in [0.1, 0.15) is 17.8 Å². The molecule has 3 N–H and O–H groups in total. The van der Waals surface area contributed by atoms with E-state index >= 15 is 0 Å². The molecular weight excluding hydrogens is 242 g/mol. The number of nitrogens with two attached hydrogens (primary N) is 1. The molecule has 0 bridgehead atoms. The first kappa shape index (κ1) is 11.6. The minimum Gasteiger partial charge on any atom is -0.368 e. The molecule has 1 atom stereocenters. The highest BCUT2D eigenvalue weighted by Gasteiger charge is 2.18. The van der Waals surface area contributed by atoms with Crippen molar-refractivity contribution in [2.45, 2.75) is 19.9 Å². The minimum atomic E-state index is -0.962. The molecule has 2 aromatic rings. The van der Waals surface area contributed by atoms with Crippen molar-refractivity contribution in [2.24, 2.45) is 5.73 Å². The van der Waals surface area contributed by atoms with Crippen LogP contribution in [-0.4, -0.2) is 15.5 Å². The maximum Gasteiger partial charge on any atom is 0.330 e. The van der Waals surface area contributed by atoms with Crippen molar-refractivity contribution in [3.05, 3.63) is 31.8 Å². The topological polar surface area (TPSA) is 97.9 Å². The highest BCUT2D eigenvalue weighted by Crippen LogP contribution is 2.18. The first-order chi connectivity index (χ1) is 7.91. The van der Waals surface area contributed by atoms with E-state index in [0.717, 1.165) is 9.44 Å². The number of hydrogen-bond acceptors (Lipinski definition) is 4. The normalized spacial score (nSPS) is 12.8. The number of aromatic nitrogens is 2. The fraction of sp³-hybridized carbons (Fsp3) is 0.300. The summed E-state index contributed by atoms with van der Waals surface area (Å²) in [5.74, 6) is -0.719. The van der Waals surface area contributed by atoms with Crippen molar-refractivity contribution >= 4 is 27.5 Å². The SMILES string of the molecule is Cc1cc2c(=O)n(C(C)C(N)=O)c(=O)[nH]c2s1. The van der Waals surface area contributed by atoms with Crippen molar-refractivity contribution in [1.82, 2.24) is 9.55 Å². The van der Waals surface area contributed by atoms with Gasteiger partial charge in [0.15, 0.2) is 0 Å². The number of carbonyl (C=O) groups excluding carboxylic acids is 1. The van der Waals surface area contributed by atoms with Crippen LogP contribution in [0.5, 0.6) is 0 Å². The largest absolute Gasteiger partial charge is 0.368 e. The number of hydrogen-bond donors (Lipinski definition) is 2. The summed E-state index contributed by atoms with van der Waals surface area (Å²) in [5.41, 5.74) is 4.00. The van der Waals surface area contributed by atoms with E-state index < -0.39 is 23.2 Å². The summed E-state index contributed by atoms with van der Waals surface area (Å²) in [7, 11) is 0. The van der Waals surface area contributed by atoms with Crippen molar-refractivity contribution in [2.75, 3.05) is 0 Å². The van der Waals surface area contributed by atoms with E-state index in [0.29, 0.717) is 10.2 Å². The molecule has 0 aromatic carbocycles. The van der Waals surface area contributed by atoms with Crippen LogP contribution in [-0.2, 0) is 4.79 Å². The zero-order chi connectivity index (χ0) is 12.7. The summed E-state index contributed by atoms with van der Waals surface area (Å²) in [6, 6.07) is 0.721. The molecule has 90 valence electrons. The van der Waals surface area contributed by atoms with Crippen molar-refractivity contribution < 1.29 is 4.79 Å². The second-order valence-electron chi connectivity index (χ2n) is 3.78. The van der Waals surface area contributed by atoms with Gasteiger partial charge in [0.25, 0.3) is 5.56 Å². The molecule has 7 heteroatoms. The molecule has 0 saturated heterocycles. The Kier molecular flexibility index (Phi) is 2.62. The lowest BCUT2D eigenvalue weighted by Gasteiger charge is -2.09. The molecule has 2 aromatic heterocycles. The van der Waals surface area contributed by atoms with Crippen LogP contribution in [0.4, 0.5) is 0 Å². The molecule has 2 heterocycles. The summed E-state index contributed by atoms with van der Waals surface area (Å²) in [6.45, 7) is 3.26.